The number of carbonyl (C=O) groups excluding carboxylic acids is 2. The second-order valence-corrected chi connectivity index (χ2v) is 7.05. The lowest BCUT2D eigenvalue weighted by molar-refractivity contribution is -0.116. The first-order chi connectivity index (χ1) is 11.3. The van der Waals surface area contributed by atoms with Crippen LogP contribution in [0.1, 0.15) is 23.2 Å². The van der Waals surface area contributed by atoms with Crippen LogP contribution < -0.4 is 10.5 Å². The maximum absolute atomic E-state index is 12.0. The lowest BCUT2D eigenvalue weighted by atomic mass is 10.1. The summed E-state index contributed by atoms with van der Waals surface area (Å²) in [7, 11) is -3.77. The van der Waals surface area contributed by atoms with Crippen LogP contribution in [0.15, 0.2) is 53.4 Å². The third-order valence-corrected chi connectivity index (χ3v) is 4.39. The average molecular weight is 367 g/mol. The quantitative estimate of drug-likeness (QED) is 0.766. The van der Waals surface area contributed by atoms with E-state index in [0.29, 0.717) is 16.3 Å². The smallest absolute Gasteiger partial charge is 0.238 e. The summed E-state index contributed by atoms with van der Waals surface area (Å²) in [4.78, 5) is 23.8. The van der Waals surface area contributed by atoms with Crippen molar-refractivity contribution in [1.29, 1.82) is 0 Å². The van der Waals surface area contributed by atoms with Crippen LogP contribution >= 0.6 is 11.6 Å². The van der Waals surface area contributed by atoms with Crippen LogP contribution in [-0.4, -0.2) is 20.1 Å². The summed E-state index contributed by atoms with van der Waals surface area (Å²) in [6.07, 6.45) is 0.0706. The first-order valence-corrected chi connectivity index (χ1v) is 8.89. The Kier molecular flexibility index (Phi) is 5.71. The normalized spacial score (nSPS) is 11.1. The molecule has 0 aliphatic rings. The van der Waals surface area contributed by atoms with E-state index in [0.717, 1.165) is 0 Å². The zero-order chi connectivity index (χ0) is 17.7. The van der Waals surface area contributed by atoms with E-state index in [4.69, 9.17) is 16.7 Å². The van der Waals surface area contributed by atoms with Crippen LogP contribution in [0.3, 0.4) is 0 Å². The van der Waals surface area contributed by atoms with Crippen LogP contribution in [0.2, 0.25) is 5.02 Å². The first kappa shape index (κ1) is 18.1. The topological polar surface area (TPSA) is 106 Å². The highest BCUT2D eigenvalue weighted by Crippen LogP contribution is 2.14. The standard InChI is InChI=1S/C16H15ClN2O4S/c17-12-3-1-11(2-4-12)15(20)9-10-16(21)19-13-5-7-14(8-6-13)24(18,22)23/h1-8H,9-10H2,(H,19,21)(H2,18,22,23). The van der Waals surface area contributed by atoms with Crippen molar-refractivity contribution < 1.29 is 18.0 Å². The second-order valence-electron chi connectivity index (χ2n) is 5.05. The summed E-state index contributed by atoms with van der Waals surface area (Å²) in [5.74, 6) is -0.507. The minimum atomic E-state index is -3.77. The van der Waals surface area contributed by atoms with Gasteiger partial charge in [-0.3, -0.25) is 9.59 Å². The number of amides is 1. The van der Waals surface area contributed by atoms with Gasteiger partial charge >= 0.3 is 0 Å². The Morgan fingerprint density at radius 1 is 0.958 bits per heavy atom. The molecule has 0 aliphatic carbocycles. The Bertz CT molecular complexity index is 847. The van der Waals surface area contributed by atoms with E-state index in [1.807, 2.05) is 0 Å². The second kappa shape index (κ2) is 7.57. The summed E-state index contributed by atoms with van der Waals surface area (Å²) < 4.78 is 22.3. The van der Waals surface area contributed by atoms with Crippen molar-refractivity contribution in [2.45, 2.75) is 17.7 Å². The summed E-state index contributed by atoms with van der Waals surface area (Å²) in [5, 5.41) is 8.12. The van der Waals surface area contributed by atoms with E-state index in [1.165, 1.54) is 24.3 Å². The third kappa shape index (κ3) is 5.16. The lowest BCUT2D eigenvalue weighted by Gasteiger charge is -2.06. The number of nitrogens with one attached hydrogen (secondary N) is 1. The number of halogens is 1. The van der Waals surface area contributed by atoms with Crippen molar-refractivity contribution in [3.05, 3.63) is 59.1 Å². The predicted molar refractivity (Wildman–Crippen MR) is 91.5 cm³/mol. The average Bonchev–Trinajstić information content (AvgIpc) is 2.53. The molecule has 0 saturated heterocycles. The molecule has 2 aromatic rings. The number of primary sulfonamides is 1. The van der Waals surface area contributed by atoms with E-state index in [1.54, 1.807) is 24.3 Å². The molecule has 0 fully saturated rings. The van der Waals surface area contributed by atoms with Gasteiger partial charge in [0.2, 0.25) is 15.9 Å². The molecule has 0 spiro atoms. The minimum absolute atomic E-state index is 0.0123. The van der Waals surface area contributed by atoms with Gasteiger partial charge in [0.1, 0.15) is 0 Å². The van der Waals surface area contributed by atoms with Crippen LogP contribution in [0.25, 0.3) is 0 Å². The van der Waals surface area contributed by atoms with Gasteiger partial charge in [-0.25, -0.2) is 13.6 Å². The SMILES string of the molecule is NS(=O)(=O)c1ccc(NC(=O)CCC(=O)c2ccc(Cl)cc2)cc1. The van der Waals surface area contributed by atoms with Gasteiger partial charge in [-0.05, 0) is 48.5 Å². The van der Waals surface area contributed by atoms with Crippen molar-refractivity contribution in [3.63, 3.8) is 0 Å². The fourth-order valence-corrected chi connectivity index (χ4v) is 2.60. The molecule has 126 valence electrons. The molecule has 3 N–H and O–H groups in total. The van der Waals surface area contributed by atoms with Crippen LogP contribution in [0, 0.1) is 0 Å². The number of hydrogen-bond donors (Lipinski definition) is 2. The maximum atomic E-state index is 12.0. The third-order valence-electron chi connectivity index (χ3n) is 3.21. The minimum Gasteiger partial charge on any atom is -0.326 e. The van der Waals surface area contributed by atoms with Gasteiger partial charge in [0, 0.05) is 29.1 Å². The zero-order valence-corrected chi connectivity index (χ0v) is 14.1. The molecule has 0 unspecified atom stereocenters. The number of Topliss-reactive ketones (excluding diaryl/α,β-unsaturated/α-hetero) is 1. The summed E-state index contributed by atoms with van der Waals surface area (Å²) in [5.41, 5.74) is 0.913. The van der Waals surface area contributed by atoms with Gasteiger partial charge in [0.25, 0.3) is 0 Å². The molecule has 8 heteroatoms. The van der Waals surface area contributed by atoms with Crippen LogP contribution in [0.4, 0.5) is 5.69 Å². The number of anilines is 1. The van der Waals surface area contributed by atoms with Gasteiger partial charge in [-0.1, -0.05) is 11.6 Å². The molecule has 6 nitrogen and oxygen atoms in total. The number of rotatable bonds is 6. The van der Waals surface area contributed by atoms with Gasteiger partial charge in [0.05, 0.1) is 4.90 Å². The van der Waals surface area contributed by atoms with Crippen molar-refractivity contribution >= 4 is 39.0 Å². The number of benzene rings is 2. The number of ketones is 1. The van der Waals surface area contributed by atoms with Gasteiger partial charge in [0.15, 0.2) is 5.78 Å². The zero-order valence-electron chi connectivity index (χ0n) is 12.5. The summed E-state index contributed by atoms with van der Waals surface area (Å²) in [6.45, 7) is 0. The van der Waals surface area contributed by atoms with Gasteiger partial charge in [-0.2, -0.15) is 0 Å². The van der Waals surface area contributed by atoms with E-state index < -0.39 is 10.0 Å². The maximum Gasteiger partial charge on any atom is 0.238 e. The molecule has 0 atom stereocenters. The number of hydrogen-bond acceptors (Lipinski definition) is 4. The molecular formula is C16H15ClN2O4S. The molecule has 0 aliphatic heterocycles. The fourth-order valence-electron chi connectivity index (χ4n) is 1.96. The summed E-state index contributed by atoms with van der Waals surface area (Å²) in [6, 6.07) is 11.9. The van der Waals surface area contributed by atoms with Crippen molar-refractivity contribution in [2.24, 2.45) is 5.14 Å². The van der Waals surface area contributed by atoms with Gasteiger partial charge < -0.3 is 5.32 Å². The molecule has 0 saturated carbocycles. The van der Waals surface area contributed by atoms with Crippen molar-refractivity contribution in [1.82, 2.24) is 0 Å². The van der Waals surface area contributed by atoms with E-state index >= 15 is 0 Å². The largest absolute Gasteiger partial charge is 0.326 e. The van der Waals surface area contributed by atoms with E-state index in [-0.39, 0.29) is 29.4 Å². The fraction of sp³-hybridized carbons (Fsp3) is 0.125. The monoisotopic (exact) mass is 366 g/mol. The Morgan fingerprint density at radius 2 is 1.54 bits per heavy atom. The highest BCUT2D eigenvalue weighted by molar-refractivity contribution is 7.89. The molecule has 0 aromatic heterocycles. The van der Waals surface area contributed by atoms with Gasteiger partial charge in [-0.15, -0.1) is 0 Å². The van der Waals surface area contributed by atoms with Crippen molar-refractivity contribution in [2.75, 3.05) is 5.32 Å². The highest BCUT2D eigenvalue weighted by atomic mass is 35.5. The Labute approximate surface area is 144 Å². The summed E-state index contributed by atoms with van der Waals surface area (Å²) >= 11 is 5.75. The molecule has 1 amide bonds. The number of carbonyl (C=O) groups is 2. The molecular weight excluding hydrogens is 352 g/mol. The number of nitrogens with two attached hydrogens (primary N) is 1. The molecule has 0 bridgehead atoms. The lowest BCUT2D eigenvalue weighted by Crippen LogP contribution is -2.14. The van der Waals surface area contributed by atoms with E-state index in [9.17, 15) is 18.0 Å². The molecule has 0 heterocycles. The molecule has 2 rings (SSSR count). The highest BCUT2D eigenvalue weighted by Gasteiger charge is 2.11. The van der Waals surface area contributed by atoms with Crippen LogP contribution in [0.5, 0.6) is 0 Å². The molecule has 24 heavy (non-hydrogen) atoms. The molecule has 2 aromatic carbocycles. The van der Waals surface area contributed by atoms with E-state index in [2.05, 4.69) is 5.32 Å². The van der Waals surface area contributed by atoms with Crippen LogP contribution in [-0.2, 0) is 14.8 Å². The first-order valence-electron chi connectivity index (χ1n) is 6.97. The predicted octanol–water partition coefficient (Wildman–Crippen LogP) is 2.59. The Balaban J connectivity index is 1.89. The van der Waals surface area contributed by atoms with Crippen molar-refractivity contribution in [3.8, 4) is 0 Å². The Morgan fingerprint density at radius 3 is 2.08 bits per heavy atom. The Hall–Kier alpha value is -2.22. The molecule has 0 radical (unpaired) electrons. The number of sulfonamides is 1.